The molecule has 2 aliphatic rings. The molecule has 1 fully saturated rings. The van der Waals surface area contributed by atoms with Gasteiger partial charge in [-0.1, -0.05) is 54.6 Å². The Hall–Kier alpha value is -2.33. The minimum absolute atomic E-state index is 0.0285. The van der Waals surface area contributed by atoms with Crippen LogP contribution >= 0.6 is 0 Å². The highest BCUT2D eigenvalue weighted by molar-refractivity contribution is 5.73. The van der Waals surface area contributed by atoms with Gasteiger partial charge >= 0.3 is 0 Å². The summed E-state index contributed by atoms with van der Waals surface area (Å²) in [6.45, 7) is 2.10. The zero-order chi connectivity index (χ0) is 21.1. The van der Waals surface area contributed by atoms with E-state index in [1.54, 1.807) is 18.2 Å². The molecule has 4 rings (SSSR count). The van der Waals surface area contributed by atoms with Crippen molar-refractivity contribution in [1.29, 1.82) is 0 Å². The van der Waals surface area contributed by atoms with Crippen LogP contribution in [0.25, 0.3) is 5.57 Å². The van der Waals surface area contributed by atoms with E-state index < -0.39 is 12.3 Å². The molecule has 0 spiro atoms. The highest BCUT2D eigenvalue weighted by Crippen LogP contribution is 2.40. The van der Waals surface area contributed by atoms with Crippen molar-refractivity contribution in [3.05, 3.63) is 88.8 Å². The number of hydrogen-bond acceptors (Lipinski definition) is 1. The second kappa shape index (κ2) is 9.22. The first-order valence-electron chi connectivity index (χ1n) is 10.6. The second-order valence-electron chi connectivity index (χ2n) is 8.34. The van der Waals surface area contributed by atoms with Crippen molar-refractivity contribution >= 4 is 5.57 Å². The third-order valence-corrected chi connectivity index (χ3v) is 6.26. The first-order valence-corrected chi connectivity index (χ1v) is 10.6. The standard InChI is InChI=1S/C26H27F3O/c1-17-7-8-20(24(27)15-17)16-30-21-11-9-19(10-12-21)23-14-13-22(25(28)26(23)29)18-5-3-2-4-6-18/h2-8,13-15,19,21,25-26H,9-12,16H2,1H3. The van der Waals surface area contributed by atoms with Crippen molar-refractivity contribution in [2.45, 2.75) is 57.7 Å². The molecule has 158 valence electrons. The number of halogens is 3. The summed E-state index contributed by atoms with van der Waals surface area (Å²) in [6.07, 6.45) is 3.36. The van der Waals surface area contributed by atoms with Gasteiger partial charge in [0.05, 0.1) is 12.7 Å². The van der Waals surface area contributed by atoms with E-state index in [0.717, 1.165) is 36.8 Å². The third-order valence-electron chi connectivity index (χ3n) is 6.26. The lowest BCUT2D eigenvalue weighted by Crippen LogP contribution is -2.31. The first kappa shape index (κ1) is 20.9. The fourth-order valence-electron chi connectivity index (χ4n) is 4.48. The molecule has 0 heterocycles. The maximum atomic E-state index is 14.9. The molecule has 2 aliphatic carbocycles. The van der Waals surface area contributed by atoms with Crippen LogP contribution in [0.15, 0.2) is 66.3 Å². The molecule has 0 aromatic heterocycles. The van der Waals surface area contributed by atoms with E-state index in [-0.39, 0.29) is 24.4 Å². The van der Waals surface area contributed by atoms with Gasteiger partial charge in [0.25, 0.3) is 0 Å². The number of rotatable bonds is 5. The highest BCUT2D eigenvalue weighted by atomic mass is 19.2. The summed E-state index contributed by atoms with van der Waals surface area (Å²) in [4.78, 5) is 0. The van der Waals surface area contributed by atoms with E-state index in [0.29, 0.717) is 16.7 Å². The summed E-state index contributed by atoms with van der Waals surface area (Å²) >= 11 is 0. The second-order valence-corrected chi connectivity index (χ2v) is 8.34. The van der Waals surface area contributed by atoms with Gasteiger partial charge in [-0.25, -0.2) is 13.2 Å². The quantitative estimate of drug-likeness (QED) is 0.518. The van der Waals surface area contributed by atoms with Crippen molar-refractivity contribution in [3.63, 3.8) is 0 Å². The molecule has 2 atom stereocenters. The summed E-state index contributed by atoms with van der Waals surface area (Å²) < 4.78 is 49.7. The van der Waals surface area contributed by atoms with Gasteiger partial charge in [0.2, 0.25) is 0 Å². The van der Waals surface area contributed by atoms with E-state index in [2.05, 4.69) is 0 Å². The maximum Gasteiger partial charge on any atom is 0.161 e. The van der Waals surface area contributed by atoms with Crippen LogP contribution in [0.4, 0.5) is 13.2 Å². The predicted octanol–water partition coefficient (Wildman–Crippen LogP) is 6.91. The van der Waals surface area contributed by atoms with Gasteiger partial charge in [-0.2, -0.15) is 0 Å². The van der Waals surface area contributed by atoms with Crippen LogP contribution in [0, 0.1) is 18.7 Å². The lowest BCUT2D eigenvalue weighted by Gasteiger charge is -2.33. The highest BCUT2D eigenvalue weighted by Gasteiger charge is 2.36. The van der Waals surface area contributed by atoms with Crippen LogP contribution in [-0.4, -0.2) is 18.4 Å². The Balaban J connectivity index is 1.35. The van der Waals surface area contributed by atoms with Crippen LogP contribution in [0.3, 0.4) is 0 Å². The molecule has 1 saturated carbocycles. The van der Waals surface area contributed by atoms with Gasteiger partial charge in [-0.05, 0) is 66.9 Å². The van der Waals surface area contributed by atoms with Crippen LogP contribution in [-0.2, 0) is 11.3 Å². The van der Waals surface area contributed by atoms with Crippen molar-refractivity contribution in [3.8, 4) is 0 Å². The average molecular weight is 412 g/mol. The number of ether oxygens (including phenoxy) is 1. The van der Waals surface area contributed by atoms with Crippen molar-refractivity contribution < 1.29 is 17.9 Å². The van der Waals surface area contributed by atoms with Gasteiger partial charge in [0.15, 0.2) is 12.3 Å². The fourth-order valence-corrected chi connectivity index (χ4v) is 4.48. The van der Waals surface area contributed by atoms with Gasteiger partial charge in [-0.3, -0.25) is 0 Å². The van der Waals surface area contributed by atoms with E-state index in [9.17, 15) is 13.2 Å². The summed E-state index contributed by atoms with van der Waals surface area (Å²) in [5.74, 6) is -0.214. The normalized spacial score (nSPS) is 26.8. The van der Waals surface area contributed by atoms with Crippen molar-refractivity contribution in [1.82, 2.24) is 0 Å². The number of hydrogen-bond donors (Lipinski definition) is 0. The largest absolute Gasteiger partial charge is 0.373 e. The number of allylic oxidation sites excluding steroid dienone is 4. The maximum absolute atomic E-state index is 14.9. The SMILES string of the molecule is Cc1ccc(COC2CCC(C3=CC=C(c4ccccc4)C(F)C3F)CC2)c(F)c1. The van der Waals surface area contributed by atoms with E-state index in [4.69, 9.17) is 4.74 Å². The summed E-state index contributed by atoms with van der Waals surface area (Å²) in [6, 6.07) is 14.3. The molecule has 0 bridgehead atoms. The summed E-state index contributed by atoms with van der Waals surface area (Å²) in [7, 11) is 0. The Morgan fingerprint density at radius 2 is 1.63 bits per heavy atom. The van der Waals surface area contributed by atoms with Gasteiger partial charge in [-0.15, -0.1) is 0 Å². The molecule has 0 N–H and O–H groups in total. The lowest BCUT2D eigenvalue weighted by molar-refractivity contribution is 0.00756. The molecular weight excluding hydrogens is 385 g/mol. The molecule has 2 unspecified atom stereocenters. The molecule has 2 aromatic rings. The zero-order valence-electron chi connectivity index (χ0n) is 17.2. The van der Waals surface area contributed by atoms with Gasteiger partial charge in [0, 0.05) is 5.56 Å². The van der Waals surface area contributed by atoms with Crippen LogP contribution in [0.5, 0.6) is 0 Å². The fraction of sp³-hybridized carbons (Fsp3) is 0.385. The van der Waals surface area contributed by atoms with Crippen LogP contribution in [0.2, 0.25) is 0 Å². The Morgan fingerprint density at radius 3 is 2.33 bits per heavy atom. The molecular formula is C26H27F3O. The lowest BCUT2D eigenvalue weighted by atomic mass is 9.77. The minimum atomic E-state index is -1.63. The molecule has 1 nitrogen and oxygen atoms in total. The number of aryl methyl sites for hydroxylation is 1. The third kappa shape index (κ3) is 4.54. The summed E-state index contributed by atoms with van der Waals surface area (Å²) in [5.41, 5.74) is 3.13. The predicted molar refractivity (Wildman–Crippen MR) is 114 cm³/mol. The number of alkyl halides is 2. The molecule has 2 aromatic carbocycles. The van der Waals surface area contributed by atoms with Crippen molar-refractivity contribution in [2.75, 3.05) is 0 Å². The van der Waals surface area contributed by atoms with E-state index in [1.807, 2.05) is 43.3 Å². The van der Waals surface area contributed by atoms with Crippen LogP contribution in [0.1, 0.15) is 42.4 Å². The zero-order valence-corrected chi connectivity index (χ0v) is 17.2. The summed E-state index contributed by atoms with van der Waals surface area (Å²) in [5, 5.41) is 0. The van der Waals surface area contributed by atoms with Gasteiger partial charge in [0.1, 0.15) is 5.82 Å². The molecule has 30 heavy (non-hydrogen) atoms. The minimum Gasteiger partial charge on any atom is -0.373 e. The molecule has 0 radical (unpaired) electrons. The van der Waals surface area contributed by atoms with Crippen molar-refractivity contribution in [2.24, 2.45) is 5.92 Å². The van der Waals surface area contributed by atoms with Crippen LogP contribution < -0.4 is 0 Å². The monoisotopic (exact) mass is 412 g/mol. The van der Waals surface area contributed by atoms with Gasteiger partial charge < -0.3 is 4.74 Å². The Labute approximate surface area is 176 Å². The number of benzene rings is 2. The average Bonchev–Trinajstić information content (AvgIpc) is 2.76. The topological polar surface area (TPSA) is 9.23 Å². The molecule has 0 saturated heterocycles. The molecule has 0 aliphatic heterocycles. The molecule has 0 amide bonds. The van der Waals surface area contributed by atoms with E-state index in [1.165, 1.54) is 6.07 Å². The Kier molecular flexibility index (Phi) is 6.43. The first-order chi connectivity index (χ1) is 14.5. The smallest absolute Gasteiger partial charge is 0.161 e. The Morgan fingerprint density at radius 1 is 0.900 bits per heavy atom. The Bertz CT molecular complexity index is 927. The molecule has 4 heteroatoms. The van der Waals surface area contributed by atoms with E-state index >= 15 is 0 Å².